The zero-order valence-corrected chi connectivity index (χ0v) is 14.2. The lowest BCUT2D eigenvalue weighted by atomic mass is 10.2. The molecule has 0 amide bonds. The Labute approximate surface area is 147 Å². The van der Waals surface area contributed by atoms with E-state index in [0.717, 1.165) is 15.0 Å². The van der Waals surface area contributed by atoms with Gasteiger partial charge in [-0.25, -0.2) is 0 Å². The van der Waals surface area contributed by atoms with Gasteiger partial charge in [0.2, 0.25) is 0 Å². The van der Waals surface area contributed by atoms with Crippen LogP contribution < -0.4 is 10.2 Å². The van der Waals surface area contributed by atoms with Crippen LogP contribution >= 0.6 is 22.9 Å². The summed E-state index contributed by atoms with van der Waals surface area (Å²) in [7, 11) is 0. The van der Waals surface area contributed by atoms with Crippen LogP contribution in [0.25, 0.3) is 20.2 Å². The SMILES string of the molecule is O=c1c2cc(Cl)ccc2sc2ccc(OCc3ccccc3)cc12. The summed E-state index contributed by atoms with van der Waals surface area (Å²) in [5, 5.41) is 1.89. The fourth-order valence-corrected chi connectivity index (χ4v) is 3.84. The highest BCUT2D eigenvalue weighted by molar-refractivity contribution is 7.24. The van der Waals surface area contributed by atoms with E-state index in [0.29, 0.717) is 28.2 Å². The van der Waals surface area contributed by atoms with Crippen LogP contribution in [0, 0.1) is 0 Å². The molecule has 4 aromatic rings. The number of hydrogen-bond donors (Lipinski definition) is 0. The second kappa shape index (κ2) is 6.27. The monoisotopic (exact) mass is 352 g/mol. The van der Waals surface area contributed by atoms with Crippen molar-refractivity contribution < 1.29 is 4.74 Å². The maximum absolute atomic E-state index is 12.8. The maximum Gasteiger partial charge on any atom is 0.196 e. The van der Waals surface area contributed by atoms with Gasteiger partial charge in [-0.1, -0.05) is 41.9 Å². The Morgan fingerprint density at radius 1 is 0.875 bits per heavy atom. The van der Waals surface area contributed by atoms with Crippen LogP contribution in [0.2, 0.25) is 5.02 Å². The Morgan fingerprint density at radius 3 is 2.38 bits per heavy atom. The highest BCUT2D eigenvalue weighted by Crippen LogP contribution is 2.29. The minimum absolute atomic E-state index is 0.00795. The van der Waals surface area contributed by atoms with E-state index in [9.17, 15) is 4.79 Å². The van der Waals surface area contributed by atoms with Crippen molar-refractivity contribution in [1.29, 1.82) is 0 Å². The fourth-order valence-electron chi connectivity index (χ4n) is 2.64. The lowest BCUT2D eigenvalue weighted by Crippen LogP contribution is -2.02. The van der Waals surface area contributed by atoms with Crippen LogP contribution in [-0.4, -0.2) is 0 Å². The predicted molar refractivity (Wildman–Crippen MR) is 101 cm³/mol. The van der Waals surface area contributed by atoms with Gasteiger partial charge >= 0.3 is 0 Å². The van der Waals surface area contributed by atoms with Gasteiger partial charge in [0.1, 0.15) is 12.4 Å². The molecule has 4 heteroatoms. The standard InChI is InChI=1S/C20H13ClO2S/c21-14-6-8-18-16(10-14)20(22)17-11-15(7-9-19(17)24-18)23-12-13-4-2-1-3-5-13/h1-11H,12H2. The number of hydrogen-bond acceptors (Lipinski definition) is 3. The summed E-state index contributed by atoms with van der Waals surface area (Å²) in [6, 6.07) is 21.0. The molecule has 0 spiro atoms. The molecule has 4 rings (SSSR count). The Morgan fingerprint density at radius 2 is 1.58 bits per heavy atom. The molecule has 0 N–H and O–H groups in total. The van der Waals surface area contributed by atoms with Gasteiger partial charge in [-0.15, -0.1) is 11.3 Å². The van der Waals surface area contributed by atoms with E-state index in [-0.39, 0.29) is 5.43 Å². The molecule has 0 aliphatic carbocycles. The van der Waals surface area contributed by atoms with Gasteiger partial charge in [0, 0.05) is 25.2 Å². The topological polar surface area (TPSA) is 26.3 Å². The van der Waals surface area contributed by atoms with Crippen molar-refractivity contribution in [1.82, 2.24) is 0 Å². The second-order valence-corrected chi connectivity index (χ2v) is 7.02. The van der Waals surface area contributed by atoms with E-state index in [4.69, 9.17) is 16.3 Å². The predicted octanol–water partition coefficient (Wildman–Crippen LogP) is 5.65. The summed E-state index contributed by atoms with van der Waals surface area (Å²) < 4.78 is 7.72. The van der Waals surface area contributed by atoms with Gasteiger partial charge in [-0.05, 0) is 42.0 Å². The van der Waals surface area contributed by atoms with Gasteiger partial charge in [0.25, 0.3) is 0 Å². The van der Waals surface area contributed by atoms with E-state index in [1.165, 1.54) is 0 Å². The van der Waals surface area contributed by atoms with Crippen LogP contribution in [0.5, 0.6) is 5.75 Å². The first kappa shape index (κ1) is 15.2. The summed E-state index contributed by atoms with van der Waals surface area (Å²) in [6.07, 6.45) is 0. The molecule has 0 bridgehead atoms. The minimum Gasteiger partial charge on any atom is -0.489 e. The molecular formula is C20H13ClO2S. The number of ether oxygens (including phenoxy) is 1. The van der Waals surface area contributed by atoms with Crippen LogP contribution in [0.1, 0.15) is 5.56 Å². The summed E-state index contributed by atoms with van der Waals surface area (Å²) in [4.78, 5) is 12.8. The molecule has 24 heavy (non-hydrogen) atoms. The average molecular weight is 353 g/mol. The van der Waals surface area contributed by atoms with Crippen LogP contribution in [0.3, 0.4) is 0 Å². The smallest absolute Gasteiger partial charge is 0.196 e. The van der Waals surface area contributed by atoms with Crippen molar-refractivity contribution >= 4 is 43.1 Å². The number of halogens is 1. The molecule has 118 valence electrons. The summed E-state index contributed by atoms with van der Waals surface area (Å²) in [6.45, 7) is 0.476. The van der Waals surface area contributed by atoms with Gasteiger partial charge in [0.05, 0.1) is 0 Å². The summed E-state index contributed by atoms with van der Waals surface area (Å²) in [5.74, 6) is 0.692. The molecule has 0 saturated carbocycles. The Balaban J connectivity index is 1.75. The zero-order valence-electron chi connectivity index (χ0n) is 12.7. The molecule has 1 heterocycles. The van der Waals surface area contributed by atoms with Crippen LogP contribution in [0.15, 0.2) is 71.5 Å². The minimum atomic E-state index is -0.00795. The van der Waals surface area contributed by atoms with Gasteiger partial charge in [0.15, 0.2) is 5.43 Å². The van der Waals surface area contributed by atoms with E-state index >= 15 is 0 Å². The molecule has 0 aliphatic rings. The molecule has 0 radical (unpaired) electrons. The number of rotatable bonds is 3. The van der Waals surface area contributed by atoms with Gasteiger partial charge < -0.3 is 4.74 Å². The van der Waals surface area contributed by atoms with Crippen molar-refractivity contribution in [2.75, 3.05) is 0 Å². The third-order valence-electron chi connectivity index (χ3n) is 3.85. The zero-order chi connectivity index (χ0) is 16.5. The van der Waals surface area contributed by atoms with Crippen LogP contribution in [0.4, 0.5) is 0 Å². The third-order valence-corrected chi connectivity index (χ3v) is 5.24. The van der Waals surface area contributed by atoms with Crippen molar-refractivity contribution in [3.8, 4) is 5.75 Å². The molecule has 0 atom stereocenters. The number of benzene rings is 3. The molecule has 3 aromatic carbocycles. The molecule has 2 nitrogen and oxygen atoms in total. The van der Waals surface area contributed by atoms with Gasteiger partial charge in [-0.2, -0.15) is 0 Å². The second-order valence-electron chi connectivity index (χ2n) is 5.50. The third kappa shape index (κ3) is 2.88. The largest absolute Gasteiger partial charge is 0.489 e. The molecular weight excluding hydrogens is 340 g/mol. The molecule has 0 aliphatic heterocycles. The van der Waals surface area contributed by atoms with Crippen molar-refractivity contribution in [2.24, 2.45) is 0 Å². The number of fused-ring (bicyclic) bond motifs is 2. The Kier molecular flexibility index (Phi) is 3.97. The van der Waals surface area contributed by atoms with Crippen molar-refractivity contribution in [3.63, 3.8) is 0 Å². The lowest BCUT2D eigenvalue weighted by molar-refractivity contribution is 0.306. The summed E-state index contributed by atoms with van der Waals surface area (Å²) in [5.41, 5.74) is 1.08. The molecule has 1 aromatic heterocycles. The first-order chi connectivity index (χ1) is 11.7. The van der Waals surface area contributed by atoms with E-state index in [1.807, 2.05) is 60.7 Å². The van der Waals surface area contributed by atoms with Crippen LogP contribution in [-0.2, 0) is 6.61 Å². The first-order valence-electron chi connectivity index (χ1n) is 7.53. The molecule has 0 unspecified atom stereocenters. The van der Waals surface area contributed by atoms with Crippen molar-refractivity contribution in [2.45, 2.75) is 6.61 Å². The maximum atomic E-state index is 12.8. The fraction of sp³-hybridized carbons (Fsp3) is 0.0500. The van der Waals surface area contributed by atoms with Gasteiger partial charge in [-0.3, -0.25) is 4.79 Å². The molecule has 0 saturated heterocycles. The Bertz CT molecular complexity index is 1090. The Hall–Kier alpha value is -2.36. The highest BCUT2D eigenvalue weighted by atomic mass is 35.5. The highest BCUT2D eigenvalue weighted by Gasteiger charge is 2.08. The van der Waals surface area contributed by atoms with Crippen molar-refractivity contribution in [3.05, 3.63) is 87.5 Å². The van der Waals surface area contributed by atoms with E-state index in [1.54, 1.807) is 17.4 Å². The van der Waals surface area contributed by atoms with E-state index < -0.39 is 0 Å². The lowest BCUT2D eigenvalue weighted by Gasteiger charge is -2.08. The van der Waals surface area contributed by atoms with E-state index in [2.05, 4.69) is 0 Å². The average Bonchev–Trinajstić information content (AvgIpc) is 2.62. The normalized spacial score (nSPS) is 11.0. The molecule has 0 fully saturated rings. The quantitative estimate of drug-likeness (QED) is 0.445. The first-order valence-corrected chi connectivity index (χ1v) is 8.73. The summed E-state index contributed by atoms with van der Waals surface area (Å²) >= 11 is 7.61.